The van der Waals surface area contributed by atoms with Crippen LogP contribution in [0.5, 0.6) is 0 Å². The fourth-order valence-electron chi connectivity index (χ4n) is 4.74. The first-order chi connectivity index (χ1) is 16.3. The minimum absolute atomic E-state index is 0.0689. The maximum absolute atomic E-state index is 12.7. The Bertz CT molecular complexity index is 1070. The van der Waals surface area contributed by atoms with Crippen LogP contribution in [-0.2, 0) is 6.54 Å². The van der Waals surface area contributed by atoms with Gasteiger partial charge in [-0.15, -0.1) is 0 Å². The average molecular weight is 442 g/mol. The van der Waals surface area contributed by atoms with Gasteiger partial charge in [0.15, 0.2) is 5.82 Å². The normalized spacial score (nSPS) is 16.1. The monoisotopic (exact) mass is 441 g/mol. The fraction of sp³-hybridized carbons (Fsp3) is 0.370. The highest BCUT2D eigenvalue weighted by atomic mass is 16.1. The molecule has 1 aromatic heterocycles. The third-order valence-corrected chi connectivity index (χ3v) is 6.62. The number of hydrogen-bond acceptors (Lipinski definition) is 5. The average Bonchev–Trinajstić information content (AvgIpc) is 3.43. The molecule has 170 valence electrons. The number of nitrogens with zero attached hydrogens (tertiary/aromatic N) is 4. The molecule has 1 N–H and O–H groups in total. The van der Waals surface area contributed by atoms with Gasteiger partial charge in [0.2, 0.25) is 0 Å². The Morgan fingerprint density at radius 3 is 2.12 bits per heavy atom. The van der Waals surface area contributed by atoms with Crippen molar-refractivity contribution in [2.45, 2.75) is 38.6 Å². The maximum atomic E-state index is 12.7. The van der Waals surface area contributed by atoms with Crippen molar-refractivity contribution in [1.82, 2.24) is 15.3 Å². The summed E-state index contributed by atoms with van der Waals surface area (Å²) in [5.41, 5.74) is 4.89. The first kappa shape index (κ1) is 21.4. The Morgan fingerprint density at radius 1 is 0.758 bits per heavy atom. The molecular weight excluding hydrogens is 410 g/mol. The second kappa shape index (κ2) is 10.0. The van der Waals surface area contributed by atoms with Gasteiger partial charge in [0, 0.05) is 61.9 Å². The quantitative estimate of drug-likeness (QED) is 0.603. The van der Waals surface area contributed by atoms with E-state index >= 15 is 0 Å². The molecule has 33 heavy (non-hydrogen) atoms. The number of amides is 1. The van der Waals surface area contributed by atoms with Crippen molar-refractivity contribution in [1.29, 1.82) is 0 Å². The zero-order valence-electron chi connectivity index (χ0n) is 19.0. The highest BCUT2D eigenvalue weighted by Gasteiger charge is 2.19. The predicted octanol–water partition coefficient (Wildman–Crippen LogP) is 4.66. The molecule has 0 spiro atoms. The van der Waals surface area contributed by atoms with E-state index in [-0.39, 0.29) is 5.91 Å². The number of benzene rings is 2. The third-order valence-electron chi connectivity index (χ3n) is 6.62. The molecule has 3 aromatic rings. The zero-order chi connectivity index (χ0) is 22.5. The summed E-state index contributed by atoms with van der Waals surface area (Å²) in [6.07, 6.45) is 9.73. The predicted molar refractivity (Wildman–Crippen MR) is 133 cm³/mol. The third kappa shape index (κ3) is 5.00. The molecule has 2 fully saturated rings. The smallest absolute Gasteiger partial charge is 0.251 e. The Balaban J connectivity index is 1.21. The van der Waals surface area contributed by atoms with Crippen LogP contribution < -0.4 is 15.1 Å². The molecule has 0 radical (unpaired) electrons. The van der Waals surface area contributed by atoms with Crippen molar-refractivity contribution < 1.29 is 4.79 Å². The van der Waals surface area contributed by atoms with Crippen LogP contribution in [0.4, 0.5) is 11.5 Å². The van der Waals surface area contributed by atoms with Crippen LogP contribution in [0.3, 0.4) is 0 Å². The van der Waals surface area contributed by atoms with E-state index in [1.165, 1.54) is 37.8 Å². The summed E-state index contributed by atoms with van der Waals surface area (Å²) in [7, 11) is 0. The van der Waals surface area contributed by atoms with E-state index in [4.69, 9.17) is 0 Å². The molecule has 0 saturated carbocycles. The van der Waals surface area contributed by atoms with Gasteiger partial charge < -0.3 is 15.1 Å². The van der Waals surface area contributed by atoms with Gasteiger partial charge in [0.25, 0.3) is 5.91 Å². The molecular formula is C27H31N5O. The summed E-state index contributed by atoms with van der Waals surface area (Å²) in [6, 6.07) is 16.2. The SMILES string of the molecule is O=C(NCc1ccc(N2CCCCC2)cc1)c1ccc(-c2nccnc2N2CCCC2)cc1. The van der Waals surface area contributed by atoms with Crippen LogP contribution >= 0.6 is 0 Å². The van der Waals surface area contributed by atoms with Gasteiger partial charge in [-0.2, -0.15) is 0 Å². The maximum Gasteiger partial charge on any atom is 0.251 e. The molecule has 2 aliphatic heterocycles. The molecule has 0 aliphatic carbocycles. The second-order valence-corrected chi connectivity index (χ2v) is 8.90. The molecule has 6 heteroatoms. The van der Waals surface area contributed by atoms with Crippen LogP contribution in [0.25, 0.3) is 11.3 Å². The van der Waals surface area contributed by atoms with E-state index in [1.807, 2.05) is 24.3 Å². The summed E-state index contributed by atoms with van der Waals surface area (Å²) >= 11 is 0. The topological polar surface area (TPSA) is 61.4 Å². The summed E-state index contributed by atoms with van der Waals surface area (Å²) in [4.78, 5) is 26.6. The summed E-state index contributed by atoms with van der Waals surface area (Å²) in [6.45, 7) is 4.83. The molecule has 1 amide bonds. The molecule has 2 aromatic carbocycles. The zero-order valence-corrected chi connectivity index (χ0v) is 19.0. The van der Waals surface area contributed by atoms with Crippen molar-refractivity contribution in [2.24, 2.45) is 0 Å². The lowest BCUT2D eigenvalue weighted by Crippen LogP contribution is -2.29. The second-order valence-electron chi connectivity index (χ2n) is 8.90. The highest BCUT2D eigenvalue weighted by molar-refractivity contribution is 5.94. The van der Waals surface area contributed by atoms with Crippen LogP contribution in [0.2, 0.25) is 0 Å². The molecule has 0 atom stereocenters. The number of carbonyl (C=O) groups excluding carboxylic acids is 1. The highest BCUT2D eigenvalue weighted by Crippen LogP contribution is 2.29. The summed E-state index contributed by atoms with van der Waals surface area (Å²) in [5.74, 6) is 0.862. The van der Waals surface area contributed by atoms with Gasteiger partial charge in [-0.25, -0.2) is 4.98 Å². The van der Waals surface area contributed by atoms with Crippen molar-refractivity contribution in [3.05, 3.63) is 72.1 Å². The Labute approximate surface area is 195 Å². The van der Waals surface area contributed by atoms with Gasteiger partial charge in [0.1, 0.15) is 5.69 Å². The lowest BCUT2D eigenvalue weighted by molar-refractivity contribution is 0.0951. The lowest BCUT2D eigenvalue weighted by Gasteiger charge is -2.28. The molecule has 6 nitrogen and oxygen atoms in total. The van der Waals surface area contributed by atoms with E-state index in [1.54, 1.807) is 12.4 Å². The molecule has 0 bridgehead atoms. The van der Waals surface area contributed by atoms with Gasteiger partial charge in [0.05, 0.1) is 0 Å². The molecule has 2 saturated heterocycles. The van der Waals surface area contributed by atoms with E-state index in [2.05, 4.69) is 49.4 Å². The minimum atomic E-state index is -0.0689. The molecule has 5 rings (SSSR count). The van der Waals surface area contributed by atoms with Crippen molar-refractivity contribution in [3.63, 3.8) is 0 Å². The fourth-order valence-corrected chi connectivity index (χ4v) is 4.74. The van der Waals surface area contributed by atoms with Crippen LogP contribution in [0.1, 0.15) is 48.0 Å². The van der Waals surface area contributed by atoms with Crippen molar-refractivity contribution in [2.75, 3.05) is 36.0 Å². The van der Waals surface area contributed by atoms with Gasteiger partial charge in [-0.3, -0.25) is 9.78 Å². The molecule has 3 heterocycles. The van der Waals surface area contributed by atoms with E-state index in [9.17, 15) is 4.79 Å². The minimum Gasteiger partial charge on any atom is -0.372 e. The Morgan fingerprint density at radius 2 is 1.39 bits per heavy atom. The molecule has 2 aliphatic rings. The van der Waals surface area contributed by atoms with Gasteiger partial charge in [-0.1, -0.05) is 24.3 Å². The number of nitrogens with one attached hydrogen (secondary N) is 1. The first-order valence-corrected chi connectivity index (χ1v) is 12.1. The Kier molecular flexibility index (Phi) is 6.51. The number of rotatable bonds is 6. The number of piperidine rings is 1. The van der Waals surface area contributed by atoms with E-state index in [0.29, 0.717) is 12.1 Å². The van der Waals surface area contributed by atoms with Crippen molar-refractivity contribution in [3.8, 4) is 11.3 Å². The number of hydrogen-bond donors (Lipinski definition) is 1. The van der Waals surface area contributed by atoms with E-state index in [0.717, 1.165) is 48.8 Å². The standard InChI is InChI=1S/C27H31N5O/c33-27(30-20-21-6-12-24(13-7-21)31-16-2-1-3-17-31)23-10-8-22(9-11-23)25-26(29-15-14-28-25)32-18-4-5-19-32/h6-15H,1-5,16-20H2,(H,30,33). The summed E-state index contributed by atoms with van der Waals surface area (Å²) in [5, 5.41) is 3.04. The Hall–Kier alpha value is -3.41. The molecule has 0 unspecified atom stereocenters. The van der Waals surface area contributed by atoms with Crippen LogP contribution in [0, 0.1) is 0 Å². The largest absolute Gasteiger partial charge is 0.372 e. The number of carbonyl (C=O) groups is 1. The summed E-state index contributed by atoms with van der Waals surface area (Å²) < 4.78 is 0. The van der Waals surface area contributed by atoms with Gasteiger partial charge in [-0.05, 0) is 61.9 Å². The number of anilines is 2. The van der Waals surface area contributed by atoms with Crippen LogP contribution in [-0.4, -0.2) is 42.1 Å². The lowest BCUT2D eigenvalue weighted by atomic mass is 10.1. The number of aromatic nitrogens is 2. The van der Waals surface area contributed by atoms with Crippen LogP contribution in [0.15, 0.2) is 60.9 Å². The van der Waals surface area contributed by atoms with E-state index < -0.39 is 0 Å². The van der Waals surface area contributed by atoms with Gasteiger partial charge >= 0.3 is 0 Å². The first-order valence-electron chi connectivity index (χ1n) is 12.1. The van der Waals surface area contributed by atoms with Crippen molar-refractivity contribution >= 4 is 17.4 Å².